The van der Waals surface area contributed by atoms with Gasteiger partial charge < -0.3 is 14.5 Å². The van der Waals surface area contributed by atoms with Crippen LogP contribution in [0.4, 0.5) is 0 Å². The molecule has 2 heterocycles. The van der Waals surface area contributed by atoms with Crippen molar-refractivity contribution >= 4 is 17.2 Å². The van der Waals surface area contributed by atoms with Gasteiger partial charge in [-0.25, -0.2) is 4.98 Å². The number of nitrogens with zero attached hydrogens (tertiary/aromatic N) is 1. The summed E-state index contributed by atoms with van der Waals surface area (Å²) in [5.74, 6) is 1.16. The van der Waals surface area contributed by atoms with Crippen molar-refractivity contribution in [3.63, 3.8) is 0 Å². The molecule has 0 aliphatic rings. The smallest absolute Gasteiger partial charge is 0.251 e. The molecule has 6 heteroatoms. The molecule has 2 aromatic heterocycles. The molecule has 0 fully saturated rings. The molecular formula is C18H18N2O3S. The summed E-state index contributed by atoms with van der Waals surface area (Å²) in [7, 11) is 0. The van der Waals surface area contributed by atoms with Crippen LogP contribution in [0.5, 0.6) is 5.75 Å². The maximum Gasteiger partial charge on any atom is 0.251 e. The molecule has 0 aliphatic heterocycles. The number of thiophene rings is 1. The van der Waals surface area contributed by atoms with Gasteiger partial charge in [-0.15, -0.1) is 11.3 Å². The summed E-state index contributed by atoms with van der Waals surface area (Å²) in [5, 5.41) is 4.80. The zero-order valence-electron chi connectivity index (χ0n) is 13.5. The molecule has 1 N–H and O–H groups in total. The average molecular weight is 342 g/mol. The fourth-order valence-electron chi connectivity index (χ4n) is 2.13. The zero-order chi connectivity index (χ0) is 16.9. The van der Waals surface area contributed by atoms with Crippen molar-refractivity contribution in [1.29, 1.82) is 0 Å². The molecule has 5 nitrogen and oxygen atoms in total. The van der Waals surface area contributed by atoms with E-state index in [-0.39, 0.29) is 12.0 Å². The lowest BCUT2D eigenvalue weighted by Crippen LogP contribution is -2.22. The van der Waals surface area contributed by atoms with E-state index in [0.29, 0.717) is 23.7 Å². The highest BCUT2D eigenvalue weighted by atomic mass is 32.1. The summed E-state index contributed by atoms with van der Waals surface area (Å²) >= 11 is 1.56. The van der Waals surface area contributed by atoms with Crippen LogP contribution in [-0.2, 0) is 6.54 Å². The zero-order valence-corrected chi connectivity index (χ0v) is 14.3. The van der Waals surface area contributed by atoms with Gasteiger partial charge in [-0.3, -0.25) is 4.79 Å². The second-order valence-corrected chi connectivity index (χ2v) is 6.44. The summed E-state index contributed by atoms with van der Waals surface area (Å²) in [6, 6.07) is 11.0. The van der Waals surface area contributed by atoms with Gasteiger partial charge in [0, 0.05) is 5.56 Å². The Kier molecular flexibility index (Phi) is 4.96. The van der Waals surface area contributed by atoms with E-state index in [1.54, 1.807) is 41.9 Å². The van der Waals surface area contributed by atoms with Crippen LogP contribution >= 0.6 is 11.3 Å². The number of amides is 1. The second-order valence-electron chi connectivity index (χ2n) is 5.49. The number of oxazole rings is 1. The number of carbonyl (C=O) groups is 1. The first-order valence-corrected chi connectivity index (χ1v) is 8.53. The molecule has 0 atom stereocenters. The monoisotopic (exact) mass is 342 g/mol. The van der Waals surface area contributed by atoms with E-state index in [4.69, 9.17) is 9.15 Å². The molecule has 0 saturated carbocycles. The lowest BCUT2D eigenvalue weighted by molar-refractivity contribution is 0.0950. The van der Waals surface area contributed by atoms with E-state index in [0.717, 1.165) is 10.6 Å². The number of aromatic nitrogens is 1. The van der Waals surface area contributed by atoms with E-state index in [1.165, 1.54) is 0 Å². The molecule has 0 radical (unpaired) electrons. The molecular weight excluding hydrogens is 324 g/mol. The third kappa shape index (κ3) is 4.02. The average Bonchev–Trinajstić information content (AvgIpc) is 3.24. The van der Waals surface area contributed by atoms with E-state index < -0.39 is 0 Å². The number of nitrogens with one attached hydrogen (secondary N) is 1. The topological polar surface area (TPSA) is 64.4 Å². The number of benzene rings is 1. The third-order valence-electron chi connectivity index (χ3n) is 3.20. The number of hydrogen-bond donors (Lipinski definition) is 1. The van der Waals surface area contributed by atoms with Crippen LogP contribution in [0.2, 0.25) is 0 Å². The summed E-state index contributed by atoms with van der Waals surface area (Å²) in [6.07, 6.45) is 1.67. The number of ether oxygens (including phenoxy) is 1. The third-order valence-corrected chi connectivity index (χ3v) is 4.06. The molecule has 1 aromatic carbocycles. The number of carbonyl (C=O) groups excluding carboxylic acids is 1. The SMILES string of the molecule is CC(C)Oc1ccc(C(=O)NCc2coc(-c3cccs3)n2)cc1. The Morgan fingerprint density at radius 1 is 1.29 bits per heavy atom. The number of rotatable bonds is 6. The molecule has 0 saturated heterocycles. The first kappa shape index (κ1) is 16.3. The van der Waals surface area contributed by atoms with Crippen LogP contribution in [0.15, 0.2) is 52.5 Å². The normalized spacial score (nSPS) is 10.8. The van der Waals surface area contributed by atoms with Gasteiger partial charge in [0.1, 0.15) is 12.0 Å². The molecule has 0 spiro atoms. The van der Waals surface area contributed by atoms with Gasteiger partial charge >= 0.3 is 0 Å². The van der Waals surface area contributed by atoms with E-state index in [1.807, 2.05) is 31.4 Å². The maximum absolute atomic E-state index is 12.2. The maximum atomic E-state index is 12.2. The van der Waals surface area contributed by atoms with Gasteiger partial charge in [-0.05, 0) is 49.6 Å². The molecule has 24 heavy (non-hydrogen) atoms. The minimum Gasteiger partial charge on any atom is -0.491 e. The van der Waals surface area contributed by atoms with Crippen LogP contribution in [0.1, 0.15) is 29.9 Å². The van der Waals surface area contributed by atoms with Crippen molar-refractivity contribution in [2.75, 3.05) is 0 Å². The predicted octanol–water partition coefficient (Wildman–Crippen LogP) is 4.12. The number of hydrogen-bond acceptors (Lipinski definition) is 5. The molecule has 3 aromatic rings. The van der Waals surface area contributed by atoms with Crippen molar-refractivity contribution in [2.24, 2.45) is 0 Å². The van der Waals surface area contributed by atoms with Crippen molar-refractivity contribution in [2.45, 2.75) is 26.5 Å². The standard InChI is InChI=1S/C18H18N2O3S/c1-12(2)23-15-7-5-13(6-8-15)17(21)19-10-14-11-22-18(20-14)16-4-3-9-24-16/h3-9,11-12H,10H2,1-2H3,(H,19,21). The van der Waals surface area contributed by atoms with E-state index in [9.17, 15) is 4.79 Å². The van der Waals surface area contributed by atoms with Crippen LogP contribution < -0.4 is 10.1 Å². The van der Waals surface area contributed by atoms with Crippen LogP contribution in [-0.4, -0.2) is 17.0 Å². The van der Waals surface area contributed by atoms with Crippen LogP contribution in [0, 0.1) is 0 Å². The molecule has 1 amide bonds. The van der Waals surface area contributed by atoms with Gasteiger partial charge in [0.2, 0.25) is 5.89 Å². The minimum absolute atomic E-state index is 0.106. The first-order chi connectivity index (χ1) is 11.6. The van der Waals surface area contributed by atoms with Gasteiger partial charge in [0.25, 0.3) is 5.91 Å². The molecule has 0 bridgehead atoms. The quantitative estimate of drug-likeness (QED) is 0.732. The van der Waals surface area contributed by atoms with Gasteiger partial charge in [0.05, 0.1) is 23.2 Å². The van der Waals surface area contributed by atoms with Crippen LogP contribution in [0.3, 0.4) is 0 Å². The highest BCUT2D eigenvalue weighted by Crippen LogP contribution is 2.23. The van der Waals surface area contributed by atoms with Crippen molar-refractivity contribution in [1.82, 2.24) is 10.3 Å². The minimum atomic E-state index is -0.160. The van der Waals surface area contributed by atoms with Gasteiger partial charge in [-0.1, -0.05) is 6.07 Å². The van der Waals surface area contributed by atoms with Crippen LogP contribution in [0.25, 0.3) is 10.8 Å². The summed E-state index contributed by atoms with van der Waals surface area (Å²) < 4.78 is 11.0. The molecule has 124 valence electrons. The fraction of sp³-hybridized carbons (Fsp3) is 0.222. The second kappa shape index (κ2) is 7.31. The largest absolute Gasteiger partial charge is 0.491 e. The van der Waals surface area contributed by atoms with Crippen molar-refractivity contribution < 1.29 is 13.9 Å². The Morgan fingerprint density at radius 2 is 2.08 bits per heavy atom. The summed E-state index contributed by atoms with van der Waals surface area (Å²) in [4.78, 5) is 17.5. The molecule has 0 aliphatic carbocycles. The Balaban J connectivity index is 1.57. The van der Waals surface area contributed by atoms with E-state index >= 15 is 0 Å². The van der Waals surface area contributed by atoms with E-state index in [2.05, 4.69) is 10.3 Å². The van der Waals surface area contributed by atoms with Gasteiger partial charge in [-0.2, -0.15) is 0 Å². The van der Waals surface area contributed by atoms with Gasteiger partial charge in [0.15, 0.2) is 0 Å². The summed E-state index contributed by atoms with van der Waals surface area (Å²) in [6.45, 7) is 4.24. The Bertz CT molecular complexity index is 792. The predicted molar refractivity (Wildman–Crippen MR) is 93.2 cm³/mol. The molecule has 0 unspecified atom stereocenters. The van der Waals surface area contributed by atoms with Crippen molar-refractivity contribution in [3.8, 4) is 16.5 Å². The Labute approximate surface area is 144 Å². The lowest BCUT2D eigenvalue weighted by Gasteiger charge is -2.10. The lowest BCUT2D eigenvalue weighted by atomic mass is 10.2. The molecule has 3 rings (SSSR count). The summed E-state index contributed by atoms with van der Waals surface area (Å²) in [5.41, 5.74) is 1.26. The highest BCUT2D eigenvalue weighted by Gasteiger charge is 2.10. The highest BCUT2D eigenvalue weighted by molar-refractivity contribution is 7.13. The Morgan fingerprint density at radius 3 is 2.75 bits per heavy atom. The first-order valence-electron chi connectivity index (χ1n) is 7.65. The van der Waals surface area contributed by atoms with Crippen molar-refractivity contribution in [3.05, 3.63) is 59.3 Å². The fourth-order valence-corrected chi connectivity index (χ4v) is 2.79. The Hall–Kier alpha value is -2.60.